The Morgan fingerprint density at radius 1 is 1.30 bits per heavy atom. The Labute approximate surface area is 159 Å². The highest BCUT2D eigenvalue weighted by molar-refractivity contribution is 5.70. The van der Waals surface area contributed by atoms with Crippen LogP contribution < -0.4 is 4.74 Å². The standard InChI is InChI=1S/C20H26N4O3/c1-3-23-15-20(27-19(23)25)7-11-22(12-8-20)14-16-13-17(26-2)5-6-18(16)24-10-4-9-21-24/h4-6,9-10,13H,3,7-8,11-12,14-15H2,1-2H3. The summed E-state index contributed by atoms with van der Waals surface area (Å²) >= 11 is 0. The zero-order chi connectivity index (χ0) is 18.9. The van der Waals surface area contributed by atoms with Crippen molar-refractivity contribution >= 4 is 6.09 Å². The minimum absolute atomic E-state index is 0.167. The summed E-state index contributed by atoms with van der Waals surface area (Å²) in [7, 11) is 1.69. The normalized spacial score (nSPS) is 19.5. The highest BCUT2D eigenvalue weighted by Gasteiger charge is 2.46. The third kappa shape index (κ3) is 3.51. The third-order valence-corrected chi connectivity index (χ3v) is 5.62. The van der Waals surface area contributed by atoms with Crippen LogP contribution in [0.2, 0.25) is 0 Å². The maximum absolute atomic E-state index is 12.0. The van der Waals surface area contributed by atoms with E-state index in [4.69, 9.17) is 9.47 Å². The van der Waals surface area contributed by atoms with Crippen LogP contribution in [-0.4, -0.2) is 64.6 Å². The molecule has 0 bridgehead atoms. The highest BCUT2D eigenvalue weighted by atomic mass is 16.6. The van der Waals surface area contributed by atoms with Crippen LogP contribution in [0.25, 0.3) is 5.69 Å². The lowest BCUT2D eigenvalue weighted by Crippen LogP contribution is -2.46. The molecule has 2 aliphatic heterocycles. The van der Waals surface area contributed by atoms with E-state index < -0.39 is 0 Å². The molecule has 1 spiro atoms. The van der Waals surface area contributed by atoms with Crippen LogP contribution >= 0.6 is 0 Å². The van der Waals surface area contributed by atoms with Gasteiger partial charge in [0.15, 0.2) is 0 Å². The zero-order valence-electron chi connectivity index (χ0n) is 15.9. The molecule has 0 unspecified atom stereocenters. The van der Waals surface area contributed by atoms with Crippen LogP contribution in [0.15, 0.2) is 36.7 Å². The van der Waals surface area contributed by atoms with Gasteiger partial charge >= 0.3 is 6.09 Å². The first-order valence-corrected chi connectivity index (χ1v) is 9.50. The van der Waals surface area contributed by atoms with Gasteiger partial charge in [-0.05, 0) is 36.8 Å². The lowest BCUT2D eigenvalue weighted by Gasteiger charge is -2.37. The van der Waals surface area contributed by atoms with E-state index in [2.05, 4.69) is 16.1 Å². The molecule has 0 aliphatic carbocycles. The number of rotatable bonds is 5. The molecule has 2 saturated heterocycles. The first-order valence-electron chi connectivity index (χ1n) is 9.50. The van der Waals surface area contributed by atoms with Gasteiger partial charge < -0.3 is 14.4 Å². The number of carbonyl (C=O) groups excluding carboxylic acids is 1. The van der Waals surface area contributed by atoms with Gasteiger partial charge in [-0.2, -0.15) is 5.10 Å². The first-order chi connectivity index (χ1) is 13.1. The molecular weight excluding hydrogens is 344 g/mol. The Morgan fingerprint density at radius 2 is 2.11 bits per heavy atom. The molecule has 3 heterocycles. The van der Waals surface area contributed by atoms with Crippen molar-refractivity contribution in [1.82, 2.24) is 19.6 Å². The number of benzene rings is 1. The largest absolute Gasteiger partial charge is 0.497 e. The number of nitrogens with zero attached hydrogens (tertiary/aromatic N) is 4. The topological polar surface area (TPSA) is 59.8 Å². The predicted molar refractivity (Wildman–Crippen MR) is 101 cm³/mol. The summed E-state index contributed by atoms with van der Waals surface area (Å²) < 4.78 is 13.0. The minimum Gasteiger partial charge on any atom is -0.497 e. The van der Waals surface area contributed by atoms with Crippen molar-refractivity contribution in [1.29, 1.82) is 0 Å². The average molecular weight is 370 g/mol. The minimum atomic E-state index is -0.303. The number of aromatic nitrogens is 2. The number of methoxy groups -OCH3 is 1. The van der Waals surface area contributed by atoms with Gasteiger partial charge in [-0.1, -0.05) is 0 Å². The quantitative estimate of drug-likeness (QED) is 0.810. The maximum Gasteiger partial charge on any atom is 0.410 e. The lowest BCUT2D eigenvalue weighted by molar-refractivity contribution is -0.00124. The van der Waals surface area contributed by atoms with Crippen molar-refractivity contribution < 1.29 is 14.3 Å². The molecule has 0 radical (unpaired) electrons. The summed E-state index contributed by atoms with van der Waals surface area (Å²) in [4.78, 5) is 16.2. The summed E-state index contributed by atoms with van der Waals surface area (Å²) in [6, 6.07) is 8.01. The van der Waals surface area contributed by atoms with Crippen molar-refractivity contribution in [3.63, 3.8) is 0 Å². The monoisotopic (exact) mass is 370 g/mol. The fourth-order valence-corrected chi connectivity index (χ4v) is 4.01. The molecular formula is C20H26N4O3. The SMILES string of the molecule is CCN1CC2(CCN(Cc3cc(OC)ccc3-n3cccn3)CC2)OC1=O. The second-order valence-corrected chi connectivity index (χ2v) is 7.29. The number of likely N-dealkylation sites (tertiary alicyclic amines) is 1. The van der Waals surface area contributed by atoms with Crippen LogP contribution in [-0.2, 0) is 11.3 Å². The van der Waals surface area contributed by atoms with E-state index in [9.17, 15) is 4.79 Å². The Morgan fingerprint density at radius 3 is 2.74 bits per heavy atom. The van der Waals surface area contributed by atoms with Crippen LogP contribution in [0.5, 0.6) is 5.75 Å². The summed E-state index contributed by atoms with van der Waals surface area (Å²) in [6.07, 6.45) is 5.31. The third-order valence-electron chi connectivity index (χ3n) is 5.62. The number of carbonyl (C=O) groups is 1. The number of amides is 1. The van der Waals surface area contributed by atoms with Gasteiger partial charge in [0.1, 0.15) is 11.4 Å². The Bertz CT molecular complexity index is 798. The van der Waals surface area contributed by atoms with Gasteiger partial charge in [0.2, 0.25) is 0 Å². The lowest BCUT2D eigenvalue weighted by atomic mass is 9.91. The number of likely N-dealkylation sites (N-methyl/N-ethyl adjacent to an activating group) is 1. The molecule has 2 aliphatic rings. The number of piperidine rings is 1. The summed E-state index contributed by atoms with van der Waals surface area (Å²) in [6.45, 7) is 6.04. The van der Waals surface area contributed by atoms with E-state index >= 15 is 0 Å². The molecule has 2 fully saturated rings. The first kappa shape index (κ1) is 17.9. The van der Waals surface area contributed by atoms with Gasteiger partial charge in [0.25, 0.3) is 0 Å². The van der Waals surface area contributed by atoms with E-state index in [0.717, 1.165) is 43.9 Å². The van der Waals surface area contributed by atoms with Gasteiger partial charge in [0, 0.05) is 51.4 Å². The van der Waals surface area contributed by atoms with Crippen LogP contribution in [0.3, 0.4) is 0 Å². The van der Waals surface area contributed by atoms with Gasteiger partial charge in [-0.3, -0.25) is 4.90 Å². The molecule has 2 aromatic rings. The Kier molecular flexibility index (Phi) is 4.78. The van der Waals surface area contributed by atoms with E-state index in [1.807, 2.05) is 36.0 Å². The van der Waals surface area contributed by atoms with Crippen molar-refractivity contribution in [3.05, 3.63) is 42.2 Å². The number of hydrogen-bond acceptors (Lipinski definition) is 5. The molecule has 27 heavy (non-hydrogen) atoms. The van der Waals surface area contributed by atoms with Gasteiger partial charge in [0.05, 0.1) is 19.3 Å². The number of hydrogen-bond donors (Lipinski definition) is 0. The summed E-state index contributed by atoms with van der Waals surface area (Å²) in [5.41, 5.74) is 1.93. The van der Waals surface area contributed by atoms with Crippen LogP contribution in [0, 0.1) is 0 Å². The fraction of sp³-hybridized carbons (Fsp3) is 0.500. The molecule has 1 aromatic carbocycles. The van der Waals surface area contributed by atoms with E-state index in [1.165, 1.54) is 5.56 Å². The molecule has 1 aromatic heterocycles. The summed E-state index contributed by atoms with van der Waals surface area (Å²) in [5, 5.41) is 4.37. The van der Waals surface area contributed by atoms with Gasteiger partial charge in [-0.25, -0.2) is 9.48 Å². The van der Waals surface area contributed by atoms with Crippen molar-refractivity contribution in [2.45, 2.75) is 31.9 Å². The van der Waals surface area contributed by atoms with E-state index in [1.54, 1.807) is 18.2 Å². The fourth-order valence-electron chi connectivity index (χ4n) is 4.01. The second kappa shape index (κ2) is 7.23. The van der Waals surface area contributed by atoms with Crippen LogP contribution in [0.1, 0.15) is 25.3 Å². The molecule has 4 rings (SSSR count). The molecule has 7 nitrogen and oxygen atoms in total. The maximum atomic E-state index is 12.0. The van der Waals surface area contributed by atoms with Crippen molar-refractivity contribution in [3.8, 4) is 11.4 Å². The predicted octanol–water partition coefficient (Wildman–Crippen LogP) is 2.69. The Hall–Kier alpha value is -2.54. The zero-order valence-corrected chi connectivity index (χ0v) is 15.9. The van der Waals surface area contributed by atoms with Gasteiger partial charge in [-0.15, -0.1) is 0 Å². The highest BCUT2D eigenvalue weighted by Crippen LogP contribution is 2.34. The molecule has 144 valence electrons. The molecule has 1 amide bonds. The van der Waals surface area contributed by atoms with E-state index in [-0.39, 0.29) is 11.7 Å². The molecule has 0 N–H and O–H groups in total. The number of ether oxygens (including phenoxy) is 2. The second-order valence-electron chi connectivity index (χ2n) is 7.29. The average Bonchev–Trinajstić information content (AvgIpc) is 3.32. The molecule has 0 saturated carbocycles. The van der Waals surface area contributed by atoms with Crippen LogP contribution in [0.4, 0.5) is 4.79 Å². The van der Waals surface area contributed by atoms with E-state index in [0.29, 0.717) is 13.1 Å². The Balaban J connectivity index is 1.47. The molecule has 0 atom stereocenters. The van der Waals surface area contributed by atoms with Crippen molar-refractivity contribution in [2.75, 3.05) is 33.3 Å². The smallest absolute Gasteiger partial charge is 0.410 e. The molecule has 7 heteroatoms. The van der Waals surface area contributed by atoms with Crippen molar-refractivity contribution in [2.24, 2.45) is 0 Å². The summed E-state index contributed by atoms with van der Waals surface area (Å²) in [5.74, 6) is 0.845.